The minimum absolute atomic E-state index is 0.128. The van der Waals surface area contributed by atoms with E-state index < -0.39 is 10.0 Å². The van der Waals surface area contributed by atoms with Gasteiger partial charge in [-0.2, -0.15) is 9.40 Å². The van der Waals surface area contributed by atoms with Crippen LogP contribution in [-0.4, -0.2) is 59.3 Å². The quantitative estimate of drug-likeness (QED) is 0.834. The van der Waals surface area contributed by atoms with Gasteiger partial charge in [-0.15, -0.1) is 0 Å². The van der Waals surface area contributed by atoms with E-state index in [1.54, 1.807) is 17.4 Å². The third-order valence-corrected chi connectivity index (χ3v) is 6.32. The lowest BCUT2D eigenvalue weighted by Crippen LogP contribution is -2.46. The van der Waals surface area contributed by atoms with Crippen LogP contribution in [0.5, 0.6) is 0 Å². The second-order valence-electron chi connectivity index (χ2n) is 5.98. The molecule has 3 rings (SSSR count). The Morgan fingerprint density at radius 3 is 2.76 bits per heavy atom. The standard InChI is InChI=1S/C14H24N4O2S/c1-2-21(19,20)17-11-13-6-7-15-18(13)14(12-17)10-16-8-4-3-5-9-16/h6-7,14H,2-5,8-12H2,1H3/t14-/m1/s1. The molecular weight excluding hydrogens is 288 g/mol. The van der Waals surface area contributed by atoms with Crippen molar-refractivity contribution >= 4 is 10.0 Å². The molecule has 118 valence electrons. The Balaban J connectivity index is 1.79. The lowest BCUT2D eigenvalue weighted by atomic mass is 10.1. The highest BCUT2D eigenvalue weighted by Crippen LogP contribution is 2.24. The maximum absolute atomic E-state index is 12.2. The maximum Gasteiger partial charge on any atom is 0.214 e. The predicted molar refractivity (Wildman–Crippen MR) is 81.4 cm³/mol. The van der Waals surface area contributed by atoms with E-state index in [0.29, 0.717) is 13.1 Å². The fourth-order valence-corrected chi connectivity index (χ4v) is 4.42. The molecule has 0 bridgehead atoms. The third kappa shape index (κ3) is 3.14. The molecule has 0 spiro atoms. The van der Waals surface area contributed by atoms with Gasteiger partial charge in [0.25, 0.3) is 0 Å². The van der Waals surface area contributed by atoms with Gasteiger partial charge in [-0.1, -0.05) is 6.42 Å². The first-order valence-electron chi connectivity index (χ1n) is 7.82. The predicted octanol–water partition coefficient (Wildman–Crippen LogP) is 1.08. The Labute approximate surface area is 126 Å². The van der Waals surface area contributed by atoms with Gasteiger partial charge in [0, 0.05) is 19.3 Å². The number of aromatic nitrogens is 2. The van der Waals surface area contributed by atoms with Gasteiger partial charge in [-0.25, -0.2) is 8.42 Å². The summed E-state index contributed by atoms with van der Waals surface area (Å²) in [6.07, 6.45) is 5.58. The third-order valence-electron chi connectivity index (χ3n) is 4.53. The van der Waals surface area contributed by atoms with Gasteiger partial charge in [-0.05, 0) is 38.9 Å². The van der Waals surface area contributed by atoms with Crippen molar-refractivity contribution in [1.82, 2.24) is 19.0 Å². The average molecular weight is 312 g/mol. The van der Waals surface area contributed by atoms with Gasteiger partial charge in [0.1, 0.15) is 0 Å². The highest BCUT2D eigenvalue weighted by molar-refractivity contribution is 7.89. The van der Waals surface area contributed by atoms with Crippen LogP contribution in [0.25, 0.3) is 0 Å². The summed E-state index contributed by atoms with van der Waals surface area (Å²) in [4.78, 5) is 2.45. The van der Waals surface area contributed by atoms with Gasteiger partial charge in [0.2, 0.25) is 10.0 Å². The molecule has 21 heavy (non-hydrogen) atoms. The van der Waals surface area contributed by atoms with Crippen molar-refractivity contribution in [3.05, 3.63) is 18.0 Å². The Hall–Kier alpha value is -0.920. The molecule has 7 heteroatoms. The highest BCUT2D eigenvalue weighted by Gasteiger charge is 2.32. The van der Waals surface area contributed by atoms with Crippen molar-refractivity contribution in [3.8, 4) is 0 Å². The molecule has 1 saturated heterocycles. The summed E-state index contributed by atoms with van der Waals surface area (Å²) < 4.78 is 28.1. The first kappa shape index (κ1) is 15.0. The van der Waals surface area contributed by atoms with Gasteiger partial charge < -0.3 is 4.90 Å². The number of rotatable bonds is 4. The molecule has 2 aliphatic rings. The van der Waals surface area contributed by atoms with Crippen LogP contribution in [0, 0.1) is 0 Å². The van der Waals surface area contributed by atoms with E-state index in [9.17, 15) is 8.42 Å². The molecule has 0 aromatic carbocycles. The lowest BCUT2D eigenvalue weighted by Gasteiger charge is -2.36. The molecule has 3 heterocycles. The van der Waals surface area contributed by atoms with Gasteiger partial charge in [0.05, 0.1) is 24.0 Å². The number of piperidine rings is 1. The minimum Gasteiger partial charge on any atom is -0.301 e. The number of likely N-dealkylation sites (tertiary alicyclic amines) is 1. The summed E-state index contributed by atoms with van der Waals surface area (Å²) in [7, 11) is -3.14. The summed E-state index contributed by atoms with van der Waals surface area (Å²) in [6.45, 7) is 5.83. The summed E-state index contributed by atoms with van der Waals surface area (Å²) in [5, 5.41) is 4.41. The van der Waals surface area contributed by atoms with E-state index >= 15 is 0 Å². The molecule has 6 nitrogen and oxygen atoms in total. The SMILES string of the molecule is CCS(=O)(=O)N1Cc2ccnn2[C@H](CN2CCCCC2)C1. The minimum atomic E-state index is -3.14. The maximum atomic E-state index is 12.2. The number of fused-ring (bicyclic) bond motifs is 1. The molecule has 0 N–H and O–H groups in total. The van der Waals surface area contributed by atoms with Crippen LogP contribution in [0.15, 0.2) is 12.3 Å². The fourth-order valence-electron chi connectivity index (χ4n) is 3.32. The van der Waals surface area contributed by atoms with Crippen LogP contribution in [0.3, 0.4) is 0 Å². The van der Waals surface area contributed by atoms with E-state index in [1.165, 1.54) is 19.3 Å². The summed E-state index contributed by atoms with van der Waals surface area (Å²) in [5.41, 5.74) is 1.00. The van der Waals surface area contributed by atoms with E-state index in [-0.39, 0.29) is 11.8 Å². The number of hydrogen-bond acceptors (Lipinski definition) is 4. The van der Waals surface area contributed by atoms with Crippen molar-refractivity contribution in [2.45, 2.75) is 38.8 Å². The lowest BCUT2D eigenvalue weighted by molar-refractivity contribution is 0.160. The Morgan fingerprint density at radius 1 is 1.29 bits per heavy atom. The molecular formula is C14H24N4O2S. The zero-order valence-electron chi connectivity index (χ0n) is 12.6. The summed E-state index contributed by atoms with van der Waals surface area (Å²) in [5.74, 6) is 0.164. The molecule has 1 atom stereocenters. The van der Waals surface area contributed by atoms with Crippen molar-refractivity contribution < 1.29 is 8.42 Å². The Morgan fingerprint density at radius 2 is 2.05 bits per heavy atom. The first-order valence-corrected chi connectivity index (χ1v) is 9.43. The van der Waals surface area contributed by atoms with E-state index in [2.05, 4.69) is 10.00 Å². The molecule has 0 radical (unpaired) electrons. The van der Waals surface area contributed by atoms with Crippen molar-refractivity contribution in [2.75, 3.05) is 31.9 Å². The zero-order valence-corrected chi connectivity index (χ0v) is 13.4. The van der Waals surface area contributed by atoms with Gasteiger partial charge >= 0.3 is 0 Å². The van der Waals surface area contributed by atoms with Crippen LogP contribution < -0.4 is 0 Å². The van der Waals surface area contributed by atoms with Crippen LogP contribution in [-0.2, 0) is 16.6 Å². The van der Waals surface area contributed by atoms with Crippen LogP contribution in [0.2, 0.25) is 0 Å². The Kier molecular flexibility index (Phi) is 4.33. The molecule has 0 amide bonds. The van der Waals surface area contributed by atoms with Crippen molar-refractivity contribution in [1.29, 1.82) is 0 Å². The van der Waals surface area contributed by atoms with E-state index in [1.807, 2.05) is 10.7 Å². The molecule has 1 aromatic heterocycles. The van der Waals surface area contributed by atoms with Crippen molar-refractivity contribution in [2.24, 2.45) is 0 Å². The fraction of sp³-hybridized carbons (Fsp3) is 0.786. The zero-order chi connectivity index (χ0) is 14.9. The average Bonchev–Trinajstić information content (AvgIpc) is 2.97. The summed E-state index contributed by atoms with van der Waals surface area (Å²) >= 11 is 0. The number of sulfonamides is 1. The highest BCUT2D eigenvalue weighted by atomic mass is 32.2. The topological polar surface area (TPSA) is 58.4 Å². The number of nitrogens with zero attached hydrogens (tertiary/aromatic N) is 4. The molecule has 0 aliphatic carbocycles. The van der Waals surface area contributed by atoms with Crippen LogP contribution in [0.1, 0.15) is 37.9 Å². The second kappa shape index (κ2) is 6.06. The molecule has 0 unspecified atom stereocenters. The van der Waals surface area contributed by atoms with E-state index in [0.717, 1.165) is 25.3 Å². The van der Waals surface area contributed by atoms with Crippen molar-refractivity contribution in [3.63, 3.8) is 0 Å². The molecule has 2 aliphatic heterocycles. The molecule has 1 fully saturated rings. The molecule has 1 aromatic rings. The van der Waals surface area contributed by atoms with E-state index in [4.69, 9.17) is 0 Å². The van der Waals surface area contributed by atoms with Gasteiger partial charge in [-0.3, -0.25) is 4.68 Å². The Bertz CT molecular complexity index is 578. The first-order chi connectivity index (χ1) is 10.1. The number of hydrogen-bond donors (Lipinski definition) is 0. The second-order valence-corrected chi connectivity index (χ2v) is 8.23. The van der Waals surface area contributed by atoms with Gasteiger partial charge in [0.15, 0.2) is 0 Å². The van der Waals surface area contributed by atoms with Crippen LogP contribution in [0.4, 0.5) is 0 Å². The summed E-state index contributed by atoms with van der Waals surface area (Å²) in [6, 6.07) is 2.06. The normalized spacial score (nSPS) is 24.9. The monoisotopic (exact) mass is 312 g/mol. The smallest absolute Gasteiger partial charge is 0.214 e. The largest absolute Gasteiger partial charge is 0.301 e. The molecule has 0 saturated carbocycles. The van der Waals surface area contributed by atoms with Crippen LogP contribution >= 0.6 is 0 Å².